The quantitative estimate of drug-likeness (QED) is 0.808. The molecule has 0 fully saturated rings. The third-order valence-corrected chi connectivity index (χ3v) is 4.15. The van der Waals surface area contributed by atoms with Gasteiger partial charge in [0, 0.05) is 0 Å². The van der Waals surface area contributed by atoms with Crippen LogP contribution in [0.1, 0.15) is 17.5 Å². The van der Waals surface area contributed by atoms with Crippen molar-refractivity contribution in [1.82, 2.24) is 9.55 Å². The number of aliphatic hydroxyl groups is 1. The molecule has 3 aromatic rings. The third kappa shape index (κ3) is 2.53. The monoisotopic (exact) mass is 310 g/mol. The normalized spacial score (nSPS) is 14.9. The minimum Gasteiger partial charge on any atom is -0.486 e. The van der Waals surface area contributed by atoms with E-state index in [0.29, 0.717) is 25.5 Å². The molecule has 118 valence electrons. The molecule has 5 nitrogen and oxygen atoms in total. The van der Waals surface area contributed by atoms with Gasteiger partial charge in [-0.15, -0.1) is 0 Å². The standard InChI is InChI=1S/C18H18N2O3/c1-12-19-14-4-2-3-5-15(14)20(12)11-16(21)13-6-7-17-18(10-13)23-9-8-22-17/h2-7,10,16,21H,8-9,11H2,1H3/t16-/m0/s1. The van der Waals surface area contributed by atoms with Crippen LogP contribution >= 0.6 is 0 Å². The topological polar surface area (TPSA) is 56.5 Å². The van der Waals surface area contributed by atoms with E-state index in [1.807, 2.05) is 54.0 Å². The van der Waals surface area contributed by atoms with Gasteiger partial charge in [-0.3, -0.25) is 0 Å². The highest BCUT2D eigenvalue weighted by atomic mass is 16.6. The van der Waals surface area contributed by atoms with E-state index in [0.717, 1.165) is 28.2 Å². The van der Waals surface area contributed by atoms with E-state index in [-0.39, 0.29) is 0 Å². The summed E-state index contributed by atoms with van der Waals surface area (Å²) >= 11 is 0. The van der Waals surface area contributed by atoms with Gasteiger partial charge in [-0.1, -0.05) is 18.2 Å². The molecule has 5 heteroatoms. The lowest BCUT2D eigenvalue weighted by Gasteiger charge is -2.20. The van der Waals surface area contributed by atoms with E-state index in [1.54, 1.807) is 0 Å². The first kappa shape index (κ1) is 14.1. The number of benzene rings is 2. The van der Waals surface area contributed by atoms with Crippen LogP contribution in [-0.2, 0) is 6.54 Å². The van der Waals surface area contributed by atoms with E-state index >= 15 is 0 Å². The van der Waals surface area contributed by atoms with E-state index in [4.69, 9.17) is 9.47 Å². The molecule has 2 aromatic carbocycles. The molecule has 2 heterocycles. The van der Waals surface area contributed by atoms with Crippen LogP contribution in [0, 0.1) is 6.92 Å². The minimum absolute atomic E-state index is 0.450. The van der Waals surface area contributed by atoms with Crippen molar-refractivity contribution >= 4 is 11.0 Å². The Balaban J connectivity index is 1.64. The van der Waals surface area contributed by atoms with Crippen molar-refractivity contribution in [3.63, 3.8) is 0 Å². The van der Waals surface area contributed by atoms with Gasteiger partial charge in [0.1, 0.15) is 19.0 Å². The van der Waals surface area contributed by atoms with Gasteiger partial charge < -0.3 is 19.1 Å². The molecule has 1 aromatic heterocycles. The van der Waals surface area contributed by atoms with Crippen molar-refractivity contribution in [3.05, 3.63) is 53.9 Å². The Morgan fingerprint density at radius 2 is 1.91 bits per heavy atom. The van der Waals surface area contributed by atoms with E-state index in [2.05, 4.69) is 4.98 Å². The summed E-state index contributed by atoms with van der Waals surface area (Å²) in [5.74, 6) is 2.32. The van der Waals surface area contributed by atoms with Gasteiger partial charge in [-0.25, -0.2) is 4.98 Å². The molecular weight excluding hydrogens is 292 g/mol. The number of ether oxygens (including phenoxy) is 2. The summed E-state index contributed by atoms with van der Waals surface area (Å²) in [4.78, 5) is 4.54. The summed E-state index contributed by atoms with van der Waals surface area (Å²) in [6.07, 6.45) is -0.637. The molecule has 0 saturated carbocycles. The van der Waals surface area contributed by atoms with Gasteiger partial charge in [0.05, 0.1) is 23.7 Å². The zero-order chi connectivity index (χ0) is 15.8. The molecule has 1 aliphatic rings. The fraction of sp³-hybridized carbons (Fsp3) is 0.278. The van der Waals surface area contributed by atoms with Crippen LogP contribution in [0.5, 0.6) is 11.5 Å². The summed E-state index contributed by atoms with van der Waals surface area (Å²) < 4.78 is 13.1. The second-order valence-electron chi connectivity index (χ2n) is 5.68. The molecule has 0 unspecified atom stereocenters. The lowest BCUT2D eigenvalue weighted by atomic mass is 10.1. The van der Waals surface area contributed by atoms with E-state index < -0.39 is 6.10 Å². The number of hydrogen-bond donors (Lipinski definition) is 1. The minimum atomic E-state index is -0.637. The SMILES string of the molecule is Cc1nc2ccccc2n1C[C@H](O)c1ccc2c(c1)OCCO2. The van der Waals surface area contributed by atoms with Crippen LogP contribution in [0.3, 0.4) is 0 Å². The molecule has 23 heavy (non-hydrogen) atoms. The number of aryl methyl sites for hydroxylation is 1. The third-order valence-electron chi connectivity index (χ3n) is 4.15. The van der Waals surface area contributed by atoms with E-state index in [9.17, 15) is 5.11 Å². The smallest absolute Gasteiger partial charge is 0.161 e. The van der Waals surface area contributed by atoms with Crippen LogP contribution in [0.2, 0.25) is 0 Å². The highest BCUT2D eigenvalue weighted by Crippen LogP contribution is 2.33. The van der Waals surface area contributed by atoms with Gasteiger partial charge >= 0.3 is 0 Å². The predicted octanol–water partition coefficient (Wildman–Crippen LogP) is 2.85. The van der Waals surface area contributed by atoms with Crippen molar-refractivity contribution in [1.29, 1.82) is 0 Å². The largest absolute Gasteiger partial charge is 0.486 e. The Morgan fingerprint density at radius 1 is 1.13 bits per heavy atom. The first-order valence-electron chi connectivity index (χ1n) is 7.72. The van der Waals surface area contributed by atoms with Crippen molar-refractivity contribution in [2.24, 2.45) is 0 Å². The molecule has 0 amide bonds. The maximum atomic E-state index is 10.6. The summed E-state index contributed by atoms with van der Waals surface area (Å²) in [6, 6.07) is 13.5. The van der Waals surface area contributed by atoms with Crippen molar-refractivity contribution in [2.45, 2.75) is 19.6 Å². The number of aromatic nitrogens is 2. The average Bonchev–Trinajstić information content (AvgIpc) is 2.90. The molecule has 1 aliphatic heterocycles. The molecule has 0 bridgehead atoms. The van der Waals surface area contributed by atoms with Gasteiger partial charge in [-0.05, 0) is 36.8 Å². The first-order valence-corrected chi connectivity index (χ1v) is 7.72. The predicted molar refractivity (Wildman–Crippen MR) is 86.9 cm³/mol. The molecule has 4 rings (SSSR count). The summed E-state index contributed by atoms with van der Waals surface area (Å²) in [7, 11) is 0. The number of nitrogens with zero attached hydrogens (tertiary/aromatic N) is 2. The van der Waals surface area contributed by atoms with Gasteiger partial charge in [0.2, 0.25) is 0 Å². The Kier molecular flexibility index (Phi) is 3.42. The van der Waals surface area contributed by atoms with Crippen molar-refractivity contribution in [3.8, 4) is 11.5 Å². The lowest BCUT2D eigenvalue weighted by Crippen LogP contribution is -2.16. The second-order valence-corrected chi connectivity index (χ2v) is 5.68. The highest BCUT2D eigenvalue weighted by molar-refractivity contribution is 5.75. The molecular formula is C18H18N2O3. The van der Waals surface area contributed by atoms with Gasteiger partial charge in [-0.2, -0.15) is 0 Å². The molecule has 0 aliphatic carbocycles. The van der Waals surface area contributed by atoms with Crippen LogP contribution < -0.4 is 9.47 Å². The average molecular weight is 310 g/mol. The van der Waals surface area contributed by atoms with Crippen molar-refractivity contribution in [2.75, 3.05) is 13.2 Å². The van der Waals surface area contributed by atoms with Crippen LogP contribution in [0.4, 0.5) is 0 Å². The molecule has 0 saturated heterocycles. The van der Waals surface area contributed by atoms with E-state index in [1.165, 1.54) is 0 Å². The second kappa shape index (κ2) is 5.59. The number of imidazole rings is 1. The van der Waals surface area contributed by atoms with Crippen LogP contribution in [0.25, 0.3) is 11.0 Å². The summed E-state index contributed by atoms with van der Waals surface area (Å²) in [5, 5.41) is 10.6. The molecule has 1 N–H and O–H groups in total. The zero-order valence-electron chi connectivity index (χ0n) is 12.9. The number of fused-ring (bicyclic) bond motifs is 2. The number of para-hydroxylation sites is 2. The maximum Gasteiger partial charge on any atom is 0.161 e. The lowest BCUT2D eigenvalue weighted by molar-refractivity contribution is 0.152. The molecule has 1 atom stereocenters. The summed E-state index contributed by atoms with van der Waals surface area (Å²) in [6.45, 7) is 3.51. The number of hydrogen-bond acceptors (Lipinski definition) is 4. The van der Waals surface area contributed by atoms with Crippen LogP contribution in [0.15, 0.2) is 42.5 Å². The maximum absolute atomic E-state index is 10.6. The first-order chi connectivity index (χ1) is 11.2. The van der Waals surface area contributed by atoms with Gasteiger partial charge in [0.25, 0.3) is 0 Å². The highest BCUT2D eigenvalue weighted by Gasteiger charge is 2.17. The van der Waals surface area contributed by atoms with Gasteiger partial charge in [0.15, 0.2) is 11.5 Å². The fourth-order valence-electron chi connectivity index (χ4n) is 2.97. The number of aliphatic hydroxyl groups excluding tert-OH is 1. The summed E-state index contributed by atoms with van der Waals surface area (Å²) in [5.41, 5.74) is 2.78. The Morgan fingerprint density at radius 3 is 2.78 bits per heavy atom. The fourth-order valence-corrected chi connectivity index (χ4v) is 2.97. The zero-order valence-corrected chi connectivity index (χ0v) is 12.9. The molecule has 0 radical (unpaired) electrons. The van der Waals surface area contributed by atoms with Crippen LogP contribution in [-0.4, -0.2) is 27.9 Å². The Bertz CT molecular complexity index is 857. The Labute approximate surface area is 134 Å². The number of rotatable bonds is 3. The molecule has 0 spiro atoms. The van der Waals surface area contributed by atoms with Crippen molar-refractivity contribution < 1.29 is 14.6 Å². The Hall–Kier alpha value is -2.53.